The van der Waals surface area contributed by atoms with Crippen LogP contribution < -0.4 is 4.90 Å². The van der Waals surface area contributed by atoms with Gasteiger partial charge in [0.05, 0.1) is 5.69 Å². The van der Waals surface area contributed by atoms with Gasteiger partial charge in [0.25, 0.3) is 0 Å². The Morgan fingerprint density at radius 2 is 1.00 bits per heavy atom. The van der Waals surface area contributed by atoms with E-state index in [1.54, 1.807) is 0 Å². The molecule has 1 atom stereocenters. The third-order valence-corrected chi connectivity index (χ3v) is 12.6. The number of hydrogen-bond acceptors (Lipinski definition) is 3. The molecule has 242 valence electrons. The second-order valence-electron chi connectivity index (χ2n) is 13.3. The van der Waals surface area contributed by atoms with Gasteiger partial charge in [0.15, 0.2) is 0 Å². The molecule has 0 saturated carbocycles. The highest BCUT2D eigenvalue weighted by molar-refractivity contribution is 7.26. The maximum atomic E-state index is 2.48. The van der Waals surface area contributed by atoms with E-state index in [0.29, 0.717) is 0 Å². The molecule has 0 radical (unpaired) electrons. The smallest absolute Gasteiger partial charge is 0.0547 e. The summed E-state index contributed by atoms with van der Waals surface area (Å²) < 4.78 is 5.30. The average molecular weight is 688 g/mol. The Labute approximate surface area is 305 Å². The Morgan fingerprint density at radius 3 is 1.80 bits per heavy atom. The van der Waals surface area contributed by atoms with E-state index in [4.69, 9.17) is 0 Å². The minimum absolute atomic E-state index is 0.251. The number of rotatable bonds is 7. The van der Waals surface area contributed by atoms with Crippen molar-refractivity contribution in [3.8, 4) is 0 Å². The molecule has 0 aliphatic rings. The van der Waals surface area contributed by atoms with Crippen molar-refractivity contribution in [3.63, 3.8) is 0 Å². The molecule has 10 aromatic rings. The van der Waals surface area contributed by atoms with Gasteiger partial charge < -0.3 is 4.90 Å². The Bertz CT molecular complexity index is 2830. The molecule has 51 heavy (non-hydrogen) atoms. The van der Waals surface area contributed by atoms with Crippen molar-refractivity contribution in [3.05, 3.63) is 199 Å². The van der Waals surface area contributed by atoms with Crippen LogP contribution in [0, 0.1) is 0 Å². The highest BCUT2D eigenvalue weighted by Gasteiger charge is 2.22. The first kappa shape index (κ1) is 30.1. The quantitative estimate of drug-likeness (QED) is 0.161. The summed E-state index contributed by atoms with van der Waals surface area (Å²) in [5.74, 6) is 0.251. The number of nitrogens with zero attached hydrogens (tertiary/aromatic N) is 1. The molecule has 0 aliphatic heterocycles. The molecule has 2 aromatic heterocycles. The van der Waals surface area contributed by atoms with Crippen LogP contribution in [-0.4, -0.2) is 0 Å². The lowest BCUT2D eigenvalue weighted by molar-refractivity contribution is 0.806. The number of anilines is 3. The Morgan fingerprint density at radius 1 is 0.392 bits per heavy atom. The van der Waals surface area contributed by atoms with Gasteiger partial charge in [0.1, 0.15) is 0 Å². The first-order chi connectivity index (χ1) is 25.3. The van der Waals surface area contributed by atoms with E-state index in [0.717, 1.165) is 17.8 Å². The fraction of sp³-hybridized carbons (Fsp3) is 0.0417. The fourth-order valence-electron chi connectivity index (χ4n) is 7.82. The highest BCUT2D eigenvalue weighted by Crippen LogP contribution is 2.48. The second-order valence-corrected chi connectivity index (χ2v) is 15.4. The summed E-state index contributed by atoms with van der Waals surface area (Å²) in [6.07, 6.45) is 0.953. The van der Waals surface area contributed by atoms with Gasteiger partial charge in [0.2, 0.25) is 0 Å². The van der Waals surface area contributed by atoms with Crippen molar-refractivity contribution >= 4 is 90.9 Å². The zero-order valence-electron chi connectivity index (χ0n) is 27.9. The summed E-state index contributed by atoms with van der Waals surface area (Å²) in [5.41, 5.74) is 7.54. The third-order valence-electron chi connectivity index (χ3n) is 10.2. The SMILES string of the molecule is c1ccc(CC(c2ccccc2)c2ccc3sc4c5ccccc5c(N(c5ccccc5)c5ccc6sc7ccccc7c6c5)cc4c3c2)cc1. The van der Waals surface area contributed by atoms with Crippen molar-refractivity contribution in [2.75, 3.05) is 4.90 Å². The van der Waals surface area contributed by atoms with Crippen LogP contribution in [0.4, 0.5) is 17.1 Å². The van der Waals surface area contributed by atoms with Crippen LogP contribution in [0.25, 0.3) is 51.1 Å². The highest BCUT2D eigenvalue weighted by atomic mass is 32.1. The predicted molar refractivity (Wildman–Crippen MR) is 223 cm³/mol. The van der Waals surface area contributed by atoms with E-state index in [-0.39, 0.29) is 5.92 Å². The molecule has 2 heterocycles. The van der Waals surface area contributed by atoms with Gasteiger partial charge in [-0.3, -0.25) is 0 Å². The van der Waals surface area contributed by atoms with E-state index >= 15 is 0 Å². The number of thiophene rings is 2. The first-order valence-electron chi connectivity index (χ1n) is 17.5. The van der Waals surface area contributed by atoms with Crippen molar-refractivity contribution in [2.24, 2.45) is 0 Å². The fourth-order valence-corrected chi connectivity index (χ4v) is 10.1. The molecule has 0 spiro atoms. The van der Waals surface area contributed by atoms with Crippen molar-refractivity contribution in [1.29, 1.82) is 0 Å². The summed E-state index contributed by atoms with van der Waals surface area (Å²) in [5, 5.41) is 7.78. The molecule has 0 N–H and O–H groups in total. The summed E-state index contributed by atoms with van der Waals surface area (Å²) in [7, 11) is 0. The standard InChI is InChI=1S/C48H33NS2/c1-4-14-32(15-5-1)28-40(33-16-6-2-7-17-33)34-24-26-47-41(29-34)43-31-44(37-20-10-11-22-39(37)48(43)51-47)49(35-18-8-3-9-19-35)36-25-27-46-42(30-36)38-21-12-13-23-45(38)50-46/h1-27,29-31,40H,28H2. The zero-order valence-corrected chi connectivity index (χ0v) is 29.5. The molecule has 0 aliphatic carbocycles. The molecular weight excluding hydrogens is 655 g/mol. The topological polar surface area (TPSA) is 3.24 Å². The van der Waals surface area contributed by atoms with Crippen molar-refractivity contribution < 1.29 is 0 Å². The van der Waals surface area contributed by atoms with Gasteiger partial charge in [-0.05, 0) is 77.7 Å². The predicted octanol–water partition coefficient (Wildman–Crippen LogP) is 14.4. The summed E-state index contributed by atoms with van der Waals surface area (Å²) in [6.45, 7) is 0. The van der Waals surface area contributed by atoms with E-state index < -0.39 is 0 Å². The molecular formula is C48H33NS2. The number of fused-ring (bicyclic) bond motifs is 8. The van der Waals surface area contributed by atoms with Crippen LogP contribution in [0.2, 0.25) is 0 Å². The summed E-state index contributed by atoms with van der Waals surface area (Å²) >= 11 is 3.78. The third kappa shape index (κ3) is 5.29. The number of para-hydroxylation sites is 1. The van der Waals surface area contributed by atoms with Crippen LogP contribution in [0.1, 0.15) is 22.6 Å². The molecule has 3 heteroatoms. The first-order valence-corrected chi connectivity index (χ1v) is 19.1. The van der Waals surface area contributed by atoms with E-state index in [1.165, 1.54) is 73.5 Å². The Hall–Kier alpha value is -5.74. The Balaban J connectivity index is 1.21. The molecule has 0 amide bonds. The minimum atomic E-state index is 0.251. The molecule has 10 rings (SSSR count). The molecule has 8 aromatic carbocycles. The summed E-state index contributed by atoms with van der Waals surface area (Å²) in [4.78, 5) is 2.46. The van der Waals surface area contributed by atoms with Crippen LogP contribution in [0.15, 0.2) is 182 Å². The maximum absolute atomic E-state index is 2.48. The lowest BCUT2D eigenvalue weighted by atomic mass is 9.85. The average Bonchev–Trinajstić information content (AvgIpc) is 3.76. The van der Waals surface area contributed by atoms with Crippen LogP contribution >= 0.6 is 22.7 Å². The molecule has 0 saturated heterocycles. The van der Waals surface area contributed by atoms with Gasteiger partial charge in [-0.15, -0.1) is 22.7 Å². The van der Waals surface area contributed by atoms with E-state index in [9.17, 15) is 0 Å². The molecule has 1 unspecified atom stereocenters. The van der Waals surface area contributed by atoms with Gasteiger partial charge in [-0.25, -0.2) is 0 Å². The van der Waals surface area contributed by atoms with Gasteiger partial charge in [-0.1, -0.05) is 127 Å². The van der Waals surface area contributed by atoms with Crippen molar-refractivity contribution in [2.45, 2.75) is 12.3 Å². The second kappa shape index (κ2) is 12.5. The van der Waals surface area contributed by atoms with Crippen LogP contribution in [0.3, 0.4) is 0 Å². The number of hydrogen-bond donors (Lipinski definition) is 0. The normalized spacial score (nSPS) is 12.3. The monoisotopic (exact) mass is 687 g/mol. The number of benzene rings is 8. The maximum Gasteiger partial charge on any atom is 0.0547 e. The van der Waals surface area contributed by atoms with E-state index in [2.05, 4.69) is 187 Å². The van der Waals surface area contributed by atoms with Crippen LogP contribution in [-0.2, 0) is 6.42 Å². The van der Waals surface area contributed by atoms with Crippen molar-refractivity contribution in [1.82, 2.24) is 0 Å². The molecule has 0 fully saturated rings. The zero-order chi connectivity index (χ0) is 33.7. The minimum Gasteiger partial charge on any atom is -0.310 e. The van der Waals surface area contributed by atoms with Gasteiger partial charge >= 0.3 is 0 Å². The summed E-state index contributed by atoms with van der Waals surface area (Å²) in [6, 6.07) is 67.1. The largest absolute Gasteiger partial charge is 0.310 e. The van der Waals surface area contributed by atoms with Crippen LogP contribution in [0.5, 0.6) is 0 Å². The van der Waals surface area contributed by atoms with E-state index in [1.807, 2.05) is 22.7 Å². The molecule has 1 nitrogen and oxygen atoms in total. The van der Waals surface area contributed by atoms with Gasteiger partial charge in [-0.2, -0.15) is 0 Å². The lowest BCUT2D eigenvalue weighted by Crippen LogP contribution is -2.10. The molecule has 0 bridgehead atoms. The van der Waals surface area contributed by atoms with Gasteiger partial charge in [0, 0.05) is 68.4 Å². The lowest BCUT2D eigenvalue weighted by Gasteiger charge is -2.27. The Kier molecular flexibility index (Phi) is 7.41.